The summed E-state index contributed by atoms with van der Waals surface area (Å²) in [5, 5.41) is 5.98. The molecule has 0 saturated carbocycles. The van der Waals surface area contributed by atoms with Crippen molar-refractivity contribution in [1.29, 1.82) is 0 Å². The maximum atomic E-state index is 13.3. The molecular formula is C21H21ClN6O3S. The molecular weight excluding hydrogens is 452 g/mol. The molecule has 1 atom stereocenters. The molecule has 1 unspecified atom stereocenters. The van der Waals surface area contributed by atoms with Gasteiger partial charge in [0.1, 0.15) is 5.39 Å². The van der Waals surface area contributed by atoms with Crippen LogP contribution >= 0.6 is 23.4 Å². The second kappa shape index (κ2) is 8.25. The molecule has 4 heterocycles. The number of rotatable bonds is 3. The SMILES string of the molecule is CC(=O)N1CCN(C(=O)CC2CSc3nc4c(cnn4-c4ccc(Cl)cc4)c(=O)n32)CC1. The molecule has 3 aromatic rings. The number of nitrogens with zero attached hydrogens (tertiary/aromatic N) is 6. The summed E-state index contributed by atoms with van der Waals surface area (Å²) in [5.74, 6) is 0.636. The fourth-order valence-corrected chi connectivity index (χ4v) is 5.41. The van der Waals surface area contributed by atoms with Gasteiger partial charge >= 0.3 is 0 Å². The first-order valence-electron chi connectivity index (χ1n) is 10.3. The number of thioether (sulfide) groups is 1. The molecule has 2 amide bonds. The normalized spacial score (nSPS) is 18.2. The molecule has 0 radical (unpaired) electrons. The van der Waals surface area contributed by atoms with E-state index in [1.165, 1.54) is 18.0 Å². The summed E-state index contributed by atoms with van der Waals surface area (Å²) in [6.07, 6.45) is 1.76. The van der Waals surface area contributed by atoms with Gasteiger partial charge in [0, 0.05) is 50.3 Å². The van der Waals surface area contributed by atoms with Crippen molar-refractivity contribution in [3.8, 4) is 5.69 Å². The maximum absolute atomic E-state index is 13.3. The third-order valence-electron chi connectivity index (χ3n) is 5.93. The van der Waals surface area contributed by atoms with E-state index in [-0.39, 0.29) is 29.8 Å². The van der Waals surface area contributed by atoms with Crippen molar-refractivity contribution in [3.63, 3.8) is 0 Å². The number of aromatic nitrogens is 4. The number of hydrogen-bond acceptors (Lipinski definition) is 6. The van der Waals surface area contributed by atoms with Gasteiger partial charge in [-0.2, -0.15) is 5.10 Å². The van der Waals surface area contributed by atoms with Gasteiger partial charge in [0.25, 0.3) is 5.56 Å². The summed E-state index contributed by atoms with van der Waals surface area (Å²) < 4.78 is 3.26. The van der Waals surface area contributed by atoms with E-state index >= 15 is 0 Å². The fraction of sp³-hybridized carbons (Fsp3) is 0.381. The Morgan fingerprint density at radius 3 is 2.50 bits per heavy atom. The lowest BCUT2D eigenvalue weighted by Gasteiger charge is -2.34. The van der Waals surface area contributed by atoms with E-state index in [0.29, 0.717) is 53.1 Å². The molecule has 0 aliphatic carbocycles. The van der Waals surface area contributed by atoms with Crippen LogP contribution in [0.2, 0.25) is 5.02 Å². The van der Waals surface area contributed by atoms with Crippen LogP contribution in [0.3, 0.4) is 0 Å². The zero-order valence-electron chi connectivity index (χ0n) is 17.4. The molecule has 0 bridgehead atoms. The number of benzene rings is 1. The van der Waals surface area contributed by atoms with Gasteiger partial charge < -0.3 is 9.80 Å². The van der Waals surface area contributed by atoms with E-state index in [1.54, 1.807) is 38.1 Å². The second-order valence-corrected chi connectivity index (χ2v) is 9.32. The smallest absolute Gasteiger partial charge is 0.265 e. The Morgan fingerprint density at radius 2 is 1.81 bits per heavy atom. The predicted molar refractivity (Wildman–Crippen MR) is 121 cm³/mol. The van der Waals surface area contributed by atoms with Gasteiger partial charge in [-0.25, -0.2) is 9.67 Å². The van der Waals surface area contributed by atoms with E-state index in [0.717, 1.165) is 5.69 Å². The summed E-state index contributed by atoms with van der Waals surface area (Å²) in [5.41, 5.74) is 1.07. The van der Waals surface area contributed by atoms with Crippen LogP contribution in [0.1, 0.15) is 19.4 Å². The minimum Gasteiger partial charge on any atom is -0.339 e. The van der Waals surface area contributed by atoms with Crippen LogP contribution in [0.15, 0.2) is 40.4 Å². The summed E-state index contributed by atoms with van der Waals surface area (Å²) >= 11 is 7.45. The molecule has 0 spiro atoms. The Labute approximate surface area is 192 Å². The fourth-order valence-electron chi connectivity index (χ4n) is 4.15. The van der Waals surface area contributed by atoms with Crippen LogP contribution < -0.4 is 5.56 Å². The molecule has 11 heteroatoms. The maximum Gasteiger partial charge on any atom is 0.265 e. The monoisotopic (exact) mass is 472 g/mol. The van der Waals surface area contributed by atoms with Crippen LogP contribution in [0.25, 0.3) is 16.7 Å². The molecule has 9 nitrogen and oxygen atoms in total. The first-order valence-corrected chi connectivity index (χ1v) is 11.7. The molecule has 2 aliphatic heterocycles. The van der Waals surface area contributed by atoms with Crippen molar-refractivity contribution in [2.24, 2.45) is 0 Å². The first-order chi connectivity index (χ1) is 15.4. The quantitative estimate of drug-likeness (QED) is 0.541. The molecule has 1 aromatic carbocycles. The number of piperazine rings is 1. The predicted octanol–water partition coefficient (Wildman–Crippen LogP) is 1.96. The van der Waals surface area contributed by atoms with Crippen molar-refractivity contribution >= 4 is 46.2 Å². The molecule has 1 fully saturated rings. The Kier molecular flexibility index (Phi) is 5.42. The van der Waals surface area contributed by atoms with Crippen molar-refractivity contribution in [2.75, 3.05) is 31.9 Å². The van der Waals surface area contributed by atoms with Gasteiger partial charge in [0.15, 0.2) is 10.8 Å². The minimum atomic E-state index is -0.253. The van der Waals surface area contributed by atoms with Gasteiger partial charge in [0.05, 0.1) is 17.9 Å². The Balaban J connectivity index is 1.39. The average molecular weight is 473 g/mol. The summed E-state index contributed by atoms with van der Waals surface area (Å²) in [6.45, 7) is 3.67. The Bertz CT molecular complexity index is 1260. The Hall–Kier alpha value is -2.85. The van der Waals surface area contributed by atoms with Gasteiger partial charge in [-0.1, -0.05) is 23.4 Å². The van der Waals surface area contributed by atoms with Crippen LogP contribution in [0.5, 0.6) is 0 Å². The summed E-state index contributed by atoms with van der Waals surface area (Å²) in [6, 6.07) is 6.91. The number of fused-ring (bicyclic) bond motifs is 2. The molecule has 5 rings (SSSR count). The number of halogens is 1. The largest absolute Gasteiger partial charge is 0.339 e. The van der Waals surface area contributed by atoms with Gasteiger partial charge in [-0.3, -0.25) is 19.0 Å². The van der Waals surface area contributed by atoms with Crippen molar-refractivity contribution in [1.82, 2.24) is 29.1 Å². The average Bonchev–Trinajstić information content (AvgIpc) is 3.39. The highest BCUT2D eigenvalue weighted by atomic mass is 35.5. The van der Waals surface area contributed by atoms with Gasteiger partial charge in [-0.05, 0) is 24.3 Å². The zero-order chi connectivity index (χ0) is 22.4. The number of carbonyl (C=O) groups excluding carboxylic acids is 2. The molecule has 2 aliphatic rings. The number of hydrogen-bond donors (Lipinski definition) is 0. The lowest BCUT2D eigenvalue weighted by Crippen LogP contribution is -2.50. The number of carbonyl (C=O) groups is 2. The van der Waals surface area contributed by atoms with E-state index < -0.39 is 0 Å². The van der Waals surface area contributed by atoms with Crippen molar-refractivity contribution in [2.45, 2.75) is 24.5 Å². The van der Waals surface area contributed by atoms with Crippen molar-refractivity contribution < 1.29 is 9.59 Å². The topological polar surface area (TPSA) is 93.3 Å². The van der Waals surface area contributed by atoms with Crippen LogP contribution in [0.4, 0.5) is 0 Å². The zero-order valence-corrected chi connectivity index (χ0v) is 19.0. The van der Waals surface area contributed by atoms with Crippen LogP contribution in [-0.2, 0) is 9.59 Å². The molecule has 166 valence electrons. The van der Waals surface area contributed by atoms with Crippen LogP contribution in [-0.4, -0.2) is 72.9 Å². The third kappa shape index (κ3) is 3.67. The van der Waals surface area contributed by atoms with Gasteiger partial charge in [0.2, 0.25) is 11.8 Å². The third-order valence-corrected chi connectivity index (χ3v) is 7.28. The van der Waals surface area contributed by atoms with Gasteiger partial charge in [-0.15, -0.1) is 0 Å². The molecule has 2 aromatic heterocycles. The molecule has 0 N–H and O–H groups in total. The number of amides is 2. The van der Waals surface area contributed by atoms with Crippen molar-refractivity contribution in [3.05, 3.63) is 45.8 Å². The second-order valence-electron chi connectivity index (χ2n) is 7.90. The standard InChI is InChI=1S/C21H21ClN6O3S/c1-13(29)25-6-8-26(9-7-25)18(30)10-16-12-32-21-24-19-17(20(31)27(16)21)11-23-28(19)15-4-2-14(22)3-5-15/h2-5,11,16H,6-10,12H2,1H3. The molecule has 1 saturated heterocycles. The summed E-state index contributed by atoms with van der Waals surface area (Å²) in [7, 11) is 0. The minimum absolute atomic E-state index is 0.00416. The first kappa shape index (κ1) is 21.0. The Morgan fingerprint density at radius 1 is 1.12 bits per heavy atom. The highest BCUT2D eigenvalue weighted by Crippen LogP contribution is 2.34. The highest BCUT2D eigenvalue weighted by molar-refractivity contribution is 7.99. The van der Waals surface area contributed by atoms with E-state index in [4.69, 9.17) is 16.6 Å². The highest BCUT2D eigenvalue weighted by Gasteiger charge is 2.32. The molecule has 32 heavy (non-hydrogen) atoms. The summed E-state index contributed by atoms with van der Waals surface area (Å²) in [4.78, 5) is 45.9. The lowest BCUT2D eigenvalue weighted by molar-refractivity contribution is -0.138. The van der Waals surface area contributed by atoms with E-state index in [1.807, 2.05) is 12.1 Å². The lowest BCUT2D eigenvalue weighted by atomic mass is 10.2. The van der Waals surface area contributed by atoms with Crippen LogP contribution in [0, 0.1) is 0 Å². The van der Waals surface area contributed by atoms with E-state index in [2.05, 4.69) is 5.10 Å². The van der Waals surface area contributed by atoms with E-state index in [9.17, 15) is 14.4 Å².